The molecule has 2 rings (SSSR count). The number of rotatable bonds is 7. The zero-order valence-electron chi connectivity index (χ0n) is 16.1. The predicted octanol–water partition coefficient (Wildman–Crippen LogP) is 4.20. The summed E-state index contributed by atoms with van der Waals surface area (Å²) in [6.07, 6.45) is -1.43. The van der Waals surface area contributed by atoms with Gasteiger partial charge >= 0.3 is 6.18 Å². The molecule has 3 N–H and O–H groups in total. The van der Waals surface area contributed by atoms with Crippen LogP contribution in [0.4, 0.5) is 13.2 Å². The van der Waals surface area contributed by atoms with E-state index in [0.717, 1.165) is 43.6 Å². The highest BCUT2D eigenvalue weighted by molar-refractivity contribution is 8.12. The molecule has 1 atom stereocenters. The van der Waals surface area contributed by atoms with E-state index < -0.39 is 17.6 Å². The number of nitrogens with two attached hydrogens (primary N) is 1. The fourth-order valence-electron chi connectivity index (χ4n) is 3.23. The van der Waals surface area contributed by atoms with Crippen LogP contribution in [0.3, 0.4) is 0 Å². The molecule has 1 aromatic rings. The Morgan fingerprint density at radius 2 is 2.07 bits per heavy atom. The van der Waals surface area contributed by atoms with Crippen molar-refractivity contribution in [2.45, 2.75) is 38.4 Å². The van der Waals surface area contributed by atoms with Crippen molar-refractivity contribution in [3.8, 4) is 0 Å². The number of thioether (sulfide) groups is 1. The molecule has 1 amide bonds. The SMILES string of the molecule is C=C(S/C(C(=O)NCCC1CCCN1C)=C(/C)N)c1ccccc1C(F)(F)F. The molecule has 1 heterocycles. The van der Waals surface area contributed by atoms with Crippen molar-refractivity contribution in [3.05, 3.63) is 52.6 Å². The fourth-order valence-corrected chi connectivity index (χ4v) is 4.09. The van der Waals surface area contributed by atoms with E-state index in [0.29, 0.717) is 12.6 Å². The zero-order valence-corrected chi connectivity index (χ0v) is 16.9. The highest BCUT2D eigenvalue weighted by Gasteiger charge is 2.34. The lowest BCUT2D eigenvalue weighted by Gasteiger charge is -2.20. The van der Waals surface area contributed by atoms with Gasteiger partial charge in [0, 0.05) is 23.2 Å². The third kappa shape index (κ3) is 5.78. The number of benzene rings is 1. The molecule has 0 saturated carbocycles. The van der Waals surface area contributed by atoms with Crippen LogP contribution in [0.25, 0.3) is 4.91 Å². The maximum Gasteiger partial charge on any atom is 0.417 e. The third-order valence-corrected chi connectivity index (χ3v) is 5.93. The third-order valence-electron chi connectivity index (χ3n) is 4.76. The number of nitrogens with one attached hydrogen (secondary N) is 1. The lowest BCUT2D eigenvalue weighted by molar-refractivity contribution is -0.137. The van der Waals surface area contributed by atoms with E-state index in [4.69, 9.17) is 5.73 Å². The van der Waals surface area contributed by atoms with E-state index in [1.807, 2.05) is 0 Å². The second-order valence-corrected chi connectivity index (χ2v) is 8.01. The van der Waals surface area contributed by atoms with E-state index in [1.165, 1.54) is 18.2 Å². The lowest BCUT2D eigenvalue weighted by atomic mass is 10.1. The normalized spacial score (nSPS) is 18.7. The van der Waals surface area contributed by atoms with Crippen LogP contribution in [0.5, 0.6) is 0 Å². The average molecular weight is 414 g/mol. The van der Waals surface area contributed by atoms with Gasteiger partial charge in [0.05, 0.1) is 10.5 Å². The Labute approximate surface area is 168 Å². The Kier molecular flexibility index (Phi) is 7.60. The Morgan fingerprint density at radius 1 is 1.39 bits per heavy atom. The largest absolute Gasteiger partial charge is 0.417 e. The van der Waals surface area contributed by atoms with Gasteiger partial charge in [-0.25, -0.2) is 0 Å². The molecule has 4 nitrogen and oxygen atoms in total. The molecule has 1 unspecified atom stereocenters. The van der Waals surface area contributed by atoms with Crippen molar-refractivity contribution in [2.75, 3.05) is 20.1 Å². The fraction of sp³-hybridized carbons (Fsp3) is 0.450. The minimum absolute atomic E-state index is 0.0564. The van der Waals surface area contributed by atoms with E-state index in [-0.39, 0.29) is 21.1 Å². The summed E-state index contributed by atoms with van der Waals surface area (Å²) in [5, 5.41) is 2.83. The molecular formula is C20H26F3N3OS. The van der Waals surface area contributed by atoms with E-state index in [2.05, 4.69) is 23.8 Å². The van der Waals surface area contributed by atoms with Crippen molar-refractivity contribution in [2.24, 2.45) is 5.73 Å². The quantitative estimate of drug-likeness (QED) is 0.658. The standard InChI is InChI=1S/C20H26F3N3OS/c1-13(24)18(19(27)25-11-10-15-7-6-12-26(15)3)28-14(2)16-8-4-5-9-17(16)20(21,22)23/h4-5,8-9,15H,2,6-7,10-12,24H2,1,3H3,(H,25,27)/b18-13-. The first-order valence-electron chi connectivity index (χ1n) is 9.09. The summed E-state index contributed by atoms with van der Waals surface area (Å²) in [4.78, 5) is 15.1. The molecule has 0 spiro atoms. The van der Waals surface area contributed by atoms with Gasteiger partial charge in [-0.2, -0.15) is 13.2 Å². The molecule has 0 bridgehead atoms. The number of nitrogens with zero attached hydrogens (tertiary/aromatic N) is 1. The lowest BCUT2D eigenvalue weighted by Crippen LogP contribution is -2.32. The molecule has 1 aliphatic heterocycles. The Hall–Kier alpha value is -1.93. The van der Waals surface area contributed by atoms with Gasteiger partial charge in [0.25, 0.3) is 5.91 Å². The van der Waals surface area contributed by atoms with Gasteiger partial charge in [-0.15, -0.1) is 0 Å². The number of halogens is 3. The Bertz CT molecular complexity index is 757. The van der Waals surface area contributed by atoms with E-state index in [9.17, 15) is 18.0 Å². The van der Waals surface area contributed by atoms with Crippen molar-refractivity contribution in [1.82, 2.24) is 10.2 Å². The molecule has 1 fully saturated rings. The van der Waals surface area contributed by atoms with Crippen LogP contribution in [0, 0.1) is 0 Å². The summed E-state index contributed by atoms with van der Waals surface area (Å²) >= 11 is 0.865. The van der Waals surface area contributed by atoms with Crippen LogP contribution >= 0.6 is 11.8 Å². The van der Waals surface area contributed by atoms with Gasteiger partial charge in [-0.05, 0) is 51.4 Å². The summed E-state index contributed by atoms with van der Waals surface area (Å²) in [6.45, 7) is 6.83. The van der Waals surface area contributed by atoms with Gasteiger partial charge in [-0.1, -0.05) is 36.5 Å². The molecule has 28 heavy (non-hydrogen) atoms. The highest BCUT2D eigenvalue weighted by atomic mass is 32.2. The minimum atomic E-state index is -4.50. The molecule has 0 aliphatic carbocycles. The van der Waals surface area contributed by atoms with Crippen LogP contribution in [0.1, 0.15) is 37.3 Å². The smallest absolute Gasteiger partial charge is 0.401 e. The molecule has 154 valence electrons. The summed E-state index contributed by atoms with van der Waals surface area (Å²) in [5.41, 5.74) is 5.23. The second-order valence-electron chi connectivity index (χ2n) is 6.90. The number of carbonyl (C=O) groups is 1. The van der Waals surface area contributed by atoms with Crippen molar-refractivity contribution in [3.63, 3.8) is 0 Å². The second kappa shape index (κ2) is 9.52. The van der Waals surface area contributed by atoms with Crippen LogP contribution in [-0.2, 0) is 11.0 Å². The van der Waals surface area contributed by atoms with Crippen LogP contribution < -0.4 is 11.1 Å². The number of hydrogen-bond acceptors (Lipinski definition) is 4. The molecular weight excluding hydrogens is 387 g/mol. The Balaban J connectivity index is 2.04. The van der Waals surface area contributed by atoms with E-state index >= 15 is 0 Å². The van der Waals surface area contributed by atoms with Gasteiger partial charge in [0.1, 0.15) is 0 Å². The minimum Gasteiger partial charge on any atom is -0.401 e. The first kappa shape index (κ1) is 22.4. The van der Waals surface area contributed by atoms with Crippen molar-refractivity contribution in [1.29, 1.82) is 0 Å². The average Bonchev–Trinajstić information content (AvgIpc) is 3.03. The molecule has 1 aliphatic rings. The van der Waals surface area contributed by atoms with Gasteiger partial charge in [-0.3, -0.25) is 4.79 Å². The van der Waals surface area contributed by atoms with Crippen molar-refractivity contribution >= 4 is 22.6 Å². The summed E-state index contributed by atoms with van der Waals surface area (Å²) in [6, 6.07) is 5.61. The predicted molar refractivity (Wildman–Crippen MR) is 108 cm³/mol. The highest BCUT2D eigenvalue weighted by Crippen LogP contribution is 2.40. The number of likely N-dealkylation sites (tertiary alicyclic amines) is 1. The van der Waals surface area contributed by atoms with E-state index in [1.54, 1.807) is 6.92 Å². The number of carbonyl (C=O) groups excluding carboxylic acids is 1. The van der Waals surface area contributed by atoms with Gasteiger partial charge in [0.2, 0.25) is 0 Å². The van der Waals surface area contributed by atoms with Crippen LogP contribution in [0.15, 0.2) is 41.4 Å². The first-order valence-corrected chi connectivity index (χ1v) is 9.91. The molecule has 1 saturated heterocycles. The first-order chi connectivity index (χ1) is 13.1. The number of hydrogen-bond donors (Lipinski definition) is 2. The van der Waals surface area contributed by atoms with Crippen molar-refractivity contribution < 1.29 is 18.0 Å². The maximum absolute atomic E-state index is 13.2. The summed E-state index contributed by atoms with van der Waals surface area (Å²) < 4.78 is 39.7. The topological polar surface area (TPSA) is 58.4 Å². The van der Waals surface area contributed by atoms with Gasteiger partial charge < -0.3 is 16.0 Å². The number of amides is 1. The maximum atomic E-state index is 13.2. The zero-order chi connectivity index (χ0) is 20.9. The summed E-state index contributed by atoms with van der Waals surface area (Å²) in [5.74, 6) is -0.392. The molecule has 1 aromatic carbocycles. The monoisotopic (exact) mass is 413 g/mol. The number of allylic oxidation sites excluding steroid dienone is 1. The summed E-state index contributed by atoms with van der Waals surface area (Å²) in [7, 11) is 2.06. The molecule has 0 aromatic heterocycles. The van der Waals surface area contributed by atoms with Crippen LogP contribution in [-0.4, -0.2) is 37.0 Å². The van der Waals surface area contributed by atoms with Gasteiger partial charge in [0.15, 0.2) is 0 Å². The molecule has 8 heteroatoms. The number of alkyl halides is 3. The Morgan fingerprint density at radius 3 is 2.64 bits per heavy atom. The van der Waals surface area contributed by atoms with Crippen LogP contribution in [0.2, 0.25) is 0 Å². The molecule has 0 radical (unpaired) electrons.